The van der Waals surface area contributed by atoms with E-state index >= 15 is 0 Å². The zero-order valence-electron chi connectivity index (χ0n) is 16.7. The van der Waals surface area contributed by atoms with E-state index in [-0.39, 0.29) is 17.4 Å². The van der Waals surface area contributed by atoms with Crippen molar-refractivity contribution in [2.75, 3.05) is 10.6 Å². The van der Waals surface area contributed by atoms with Crippen LogP contribution in [0, 0.1) is 17.7 Å². The topological polar surface area (TPSA) is 99.8 Å². The number of pyridine rings is 2. The molecule has 3 heterocycles. The number of aromatic amines is 1. The number of H-pyrrole nitrogens is 1. The van der Waals surface area contributed by atoms with Crippen LogP contribution in [0.3, 0.4) is 0 Å². The van der Waals surface area contributed by atoms with E-state index in [9.17, 15) is 18.4 Å². The van der Waals surface area contributed by atoms with Crippen molar-refractivity contribution in [1.29, 1.82) is 0 Å². The minimum absolute atomic E-state index is 0.0229. The highest BCUT2D eigenvalue weighted by Crippen LogP contribution is 2.34. The van der Waals surface area contributed by atoms with Crippen LogP contribution in [-0.2, 0) is 4.79 Å². The molecule has 1 aliphatic carbocycles. The molecule has 160 valence electrons. The van der Waals surface area contributed by atoms with Crippen LogP contribution < -0.4 is 10.6 Å². The van der Waals surface area contributed by atoms with Crippen LogP contribution in [0.25, 0.3) is 22.0 Å². The molecule has 0 radical (unpaired) electrons. The zero-order valence-corrected chi connectivity index (χ0v) is 16.7. The fraction of sp³-hybridized carbons (Fsp3) is 0.130. The lowest BCUT2D eigenvalue weighted by molar-refractivity contribution is -0.117. The van der Waals surface area contributed by atoms with Gasteiger partial charge in [0.15, 0.2) is 5.82 Å². The average molecular weight is 433 g/mol. The van der Waals surface area contributed by atoms with Crippen LogP contribution in [-0.4, -0.2) is 26.8 Å². The molecule has 2 amide bonds. The third-order valence-corrected chi connectivity index (χ3v) is 5.29. The van der Waals surface area contributed by atoms with Gasteiger partial charge in [0.25, 0.3) is 5.91 Å². The Balaban J connectivity index is 1.43. The van der Waals surface area contributed by atoms with E-state index in [4.69, 9.17) is 0 Å². The van der Waals surface area contributed by atoms with E-state index in [1.54, 1.807) is 30.6 Å². The smallest absolute Gasteiger partial charge is 0.257 e. The first-order valence-electron chi connectivity index (χ1n) is 9.99. The average Bonchev–Trinajstić information content (AvgIpc) is 3.55. The van der Waals surface area contributed by atoms with Gasteiger partial charge in [-0.1, -0.05) is 12.1 Å². The fourth-order valence-corrected chi connectivity index (χ4v) is 3.48. The Morgan fingerprint density at radius 3 is 2.69 bits per heavy atom. The van der Waals surface area contributed by atoms with Gasteiger partial charge in [-0.2, -0.15) is 4.39 Å². The van der Waals surface area contributed by atoms with Crippen molar-refractivity contribution in [2.45, 2.75) is 12.8 Å². The number of rotatable bonds is 5. The quantitative estimate of drug-likeness (QED) is 0.404. The van der Waals surface area contributed by atoms with Gasteiger partial charge in [0.05, 0.1) is 16.8 Å². The summed E-state index contributed by atoms with van der Waals surface area (Å²) in [5.41, 5.74) is 2.73. The van der Waals surface area contributed by atoms with Crippen molar-refractivity contribution in [3.8, 4) is 11.1 Å². The molecule has 4 aromatic rings. The van der Waals surface area contributed by atoms with Crippen molar-refractivity contribution >= 4 is 34.2 Å². The molecule has 0 atom stereocenters. The van der Waals surface area contributed by atoms with Crippen LogP contribution in [0.2, 0.25) is 0 Å². The summed E-state index contributed by atoms with van der Waals surface area (Å²) in [6.45, 7) is 0. The number of anilines is 2. The van der Waals surface area contributed by atoms with Gasteiger partial charge in [-0.25, -0.2) is 14.4 Å². The summed E-state index contributed by atoms with van der Waals surface area (Å²) >= 11 is 0. The first-order valence-corrected chi connectivity index (χ1v) is 9.99. The second kappa shape index (κ2) is 7.84. The van der Waals surface area contributed by atoms with Crippen molar-refractivity contribution in [2.24, 2.45) is 5.92 Å². The summed E-state index contributed by atoms with van der Waals surface area (Å²) in [5, 5.41) is 6.37. The molecule has 5 rings (SSSR count). The molecule has 0 spiro atoms. The number of carbonyl (C=O) groups excluding carboxylic acids is 2. The maximum absolute atomic E-state index is 13.4. The van der Waals surface area contributed by atoms with Crippen molar-refractivity contribution in [3.05, 3.63) is 72.3 Å². The van der Waals surface area contributed by atoms with Gasteiger partial charge in [0, 0.05) is 35.5 Å². The predicted molar refractivity (Wildman–Crippen MR) is 115 cm³/mol. The molecule has 0 unspecified atom stereocenters. The molecule has 0 bridgehead atoms. The maximum atomic E-state index is 13.4. The number of hydrogen-bond acceptors (Lipinski definition) is 4. The molecule has 1 fully saturated rings. The highest BCUT2D eigenvalue weighted by atomic mass is 19.2. The number of hydrogen-bond donors (Lipinski definition) is 3. The zero-order chi connectivity index (χ0) is 22.2. The number of para-hydroxylation sites is 1. The maximum Gasteiger partial charge on any atom is 0.257 e. The lowest BCUT2D eigenvalue weighted by Gasteiger charge is -2.08. The van der Waals surface area contributed by atoms with Crippen molar-refractivity contribution in [3.63, 3.8) is 0 Å². The van der Waals surface area contributed by atoms with Gasteiger partial charge in [0.2, 0.25) is 11.9 Å². The number of fused-ring (bicyclic) bond motifs is 1. The number of nitrogens with one attached hydrogen (secondary N) is 3. The molecule has 1 aliphatic rings. The lowest BCUT2D eigenvalue weighted by atomic mass is 10.1. The molecule has 9 heteroatoms. The van der Waals surface area contributed by atoms with E-state index in [0.29, 0.717) is 17.0 Å². The fourth-order valence-electron chi connectivity index (χ4n) is 3.48. The number of benzene rings is 1. The van der Waals surface area contributed by atoms with Crippen LogP contribution in [0.4, 0.5) is 20.3 Å². The van der Waals surface area contributed by atoms with Gasteiger partial charge in [-0.05, 0) is 42.7 Å². The predicted octanol–water partition coefficient (Wildman–Crippen LogP) is 4.50. The Hall–Kier alpha value is -4.14. The molecule has 1 saturated carbocycles. The SMILES string of the molecule is O=C(Nc1cccc2c(-c3ccnc(NC(=O)C4CC4)c3)c[nH]c12)c1cnc(F)c(F)c1. The molecule has 7 nitrogen and oxygen atoms in total. The Labute approximate surface area is 180 Å². The monoisotopic (exact) mass is 433 g/mol. The third kappa shape index (κ3) is 3.80. The first kappa shape index (κ1) is 19.8. The van der Waals surface area contributed by atoms with Crippen LogP contribution >= 0.6 is 0 Å². The Bertz CT molecular complexity index is 1360. The third-order valence-electron chi connectivity index (χ3n) is 5.29. The van der Waals surface area contributed by atoms with E-state index in [1.807, 2.05) is 12.1 Å². The van der Waals surface area contributed by atoms with E-state index in [2.05, 4.69) is 25.6 Å². The summed E-state index contributed by atoms with van der Waals surface area (Å²) in [5.74, 6) is -2.55. The van der Waals surface area contributed by atoms with Gasteiger partial charge in [-0.15, -0.1) is 0 Å². The highest BCUT2D eigenvalue weighted by molar-refractivity contribution is 6.10. The molecule has 1 aromatic carbocycles. The summed E-state index contributed by atoms with van der Waals surface area (Å²) in [7, 11) is 0. The molecule has 0 aliphatic heterocycles. The largest absolute Gasteiger partial charge is 0.359 e. The van der Waals surface area contributed by atoms with Crippen LogP contribution in [0.15, 0.2) is 55.0 Å². The number of halogens is 2. The summed E-state index contributed by atoms with van der Waals surface area (Å²) in [6, 6.07) is 9.78. The lowest BCUT2D eigenvalue weighted by Crippen LogP contribution is -2.14. The second-order valence-electron chi connectivity index (χ2n) is 7.57. The number of carbonyl (C=O) groups is 2. The standard InChI is InChI=1S/C23H17F2N5O2/c24-17-8-14(10-28-21(17)25)23(32)29-18-3-1-2-15-16(11-27-20(15)18)13-6-7-26-19(9-13)30-22(31)12-4-5-12/h1-3,6-12,27H,4-5H2,(H,29,32)(H,26,30,31). The normalized spacial score (nSPS) is 13.2. The van der Waals surface area contributed by atoms with Gasteiger partial charge in [0.1, 0.15) is 5.82 Å². The second-order valence-corrected chi connectivity index (χ2v) is 7.57. The first-order chi connectivity index (χ1) is 15.5. The minimum atomic E-state index is -1.26. The highest BCUT2D eigenvalue weighted by Gasteiger charge is 2.29. The molecular weight excluding hydrogens is 416 g/mol. The molecule has 32 heavy (non-hydrogen) atoms. The molecule has 3 aromatic heterocycles. The summed E-state index contributed by atoms with van der Waals surface area (Å²) in [4.78, 5) is 35.2. The summed E-state index contributed by atoms with van der Waals surface area (Å²) in [6.07, 6.45) is 6.20. The van der Waals surface area contributed by atoms with Crippen molar-refractivity contribution < 1.29 is 18.4 Å². The van der Waals surface area contributed by atoms with Crippen molar-refractivity contribution in [1.82, 2.24) is 15.0 Å². The van der Waals surface area contributed by atoms with E-state index in [1.165, 1.54) is 0 Å². The number of amides is 2. The number of aromatic nitrogens is 3. The Kier molecular flexibility index (Phi) is 4.85. The molecule has 3 N–H and O–H groups in total. The van der Waals surface area contributed by atoms with Gasteiger partial charge < -0.3 is 15.6 Å². The Morgan fingerprint density at radius 2 is 1.91 bits per heavy atom. The van der Waals surface area contributed by atoms with Crippen LogP contribution in [0.1, 0.15) is 23.2 Å². The van der Waals surface area contributed by atoms with Gasteiger partial charge >= 0.3 is 0 Å². The van der Waals surface area contributed by atoms with E-state index in [0.717, 1.165) is 41.6 Å². The van der Waals surface area contributed by atoms with Gasteiger partial charge in [-0.3, -0.25) is 9.59 Å². The molecular formula is C23H17F2N5O2. The molecule has 0 saturated heterocycles. The summed E-state index contributed by atoms with van der Waals surface area (Å²) < 4.78 is 26.5. The van der Waals surface area contributed by atoms with Crippen LogP contribution in [0.5, 0.6) is 0 Å². The number of nitrogens with zero attached hydrogens (tertiary/aromatic N) is 2. The minimum Gasteiger partial charge on any atom is -0.359 e. The Morgan fingerprint density at radius 1 is 1.06 bits per heavy atom. The van der Waals surface area contributed by atoms with E-state index < -0.39 is 17.7 Å².